The van der Waals surface area contributed by atoms with Gasteiger partial charge in [-0.1, -0.05) is 0 Å². The molecular formula is C7H12N4O4. The number of nitrogens with one attached hydrogen (secondary N) is 3. The predicted octanol–water partition coefficient (Wildman–Crippen LogP) is -2.80. The normalized spacial score (nSPS) is 27.0. The van der Waals surface area contributed by atoms with E-state index in [1.54, 1.807) is 0 Å². The second-order valence-corrected chi connectivity index (χ2v) is 3.10. The SMILES string of the molecule is N[C@H]1CNC1=O.O=C(O)N[C@H]1CNC1=O. The number of β-lactam (4-membered cyclic amide) rings is 2. The zero-order valence-electron chi connectivity index (χ0n) is 7.82. The lowest BCUT2D eigenvalue weighted by molar-refractivity contribution is -0.128. The van der Waals surface area contributed by atoms with Crippen LogP contribution in [0, 0.1) is 0 Å². The highest BCUT2D eigenvalue weighted by Gasteiger charge is 2.28. The Labute approximate surface area is 85.2 Å². The Morgan fingerprint density at radius 3 is 1.93 bits per heavy atom. The lowest BCUT2D eigenvalue weighted by atomic mass is 10.2. The van der Waals surface area contributed by atoms with Crippen LogP contribution in [-0.2, 0) is 9.59 Å². The smallest absolute Gasteiger partial charge is 0.405 e. The molecule has 8 nitrogen and oxygen atoms in total. The van der Waals surface area contributed by atoms with Crippen LogP contribution in [0.25, 0.3) is 0 Å². The van der Waals surface area contributed by atoms with Crippen LogP contribution in [0.4, 0.5) is 4.79 Å². The van der Waals surface area contributed by atoms with E-state index in [1.807, 2.05) is 5.32 Å². The molecule has 2 heterocycles. The van der Waals surface area contributed by atoms with Crippen molar-refractivity contribution in [1.82, 2.24) is 16.0 Å². The maximum absolute atomic E-state index is 10.3. The highest BCUT2D eigenvalue weighted by atomic mass is 16.4. The summed E-state index contributed by atoms with van der Waals surface area (Å²) >= 11 is 0. The van der Waals surface area contributed by atoms with Gasteiger partial charge in [-0.25, -0.2) is 4.79 Å². The van der Waals surface area contributed by atoms with E-state index >= 15 is 0 Å². The number of carboxylic acid groups (broad SMARTS) is 1. The van der Waals surface area contributed by atoms with Gasteiger partial charge in [-0.15, -0.1) is 0 Å². The van der Waals surface area contributed by atoms with E-state index in [0.717, 1.165) is 0 Å². The molecule has 2 aliphatic rings. The van der Waals surface area contributed by atoms with E-state index in [1.165, 1.54) is 0 Å². The molecule has 0 unspecified atom stereocenters. The molecule has 2 saturated heterocycles. The van der Waals surface area contributed by atoms with Crippen molar-refractivity contribution in [1.29, 1.82) is 0 Å². The van der Waals surface area contributed by atoms with E-state index in [2.05, 4.69) is 10.6 Å². The van der Waals surface area contributed by atoms with E-state index in [9.17, 15) is 14.4 Å². The summed E-state index contributed by atoms with van der Waals surface area (Å²) in [6.07, 6.45) is -1.16. The second kappa shape index (κ2) is 4.60. The van der Waals surface area contributed by atoms with Crippen LogP contribution >= 0.6 is 0 Å². The van der Waals surface area contributed by atoms with E-state index in [-0.39, 0.29) is 17.9 Å². The molecule has 2 atom stereocenters. The zero-order valence-corrected chi connectivity index (χ0v) is 7.82. The first kappa shape index (κ1) is 11.2. The quantitative estimate of drug-likeness (QED) is 0.302. The van der Waals surface area contributed by atoms with Gasteiger partial charge < -0.3 is 26.8 Å². The maximum atomic E-state index is 10.3. The molecule has 15 heavy (non-hydrogen) atoms. The van der Waals surface area contributed by atoms with Crippen LogP contribution in [0.2, 0.25) is 0 Å². The molecule has 84 valence electrons. The van der Waals surface area contributed by atoms with E-state index < -0.39 is 12.1 Å². The van der Waals surface area contributed by atoms with Crippen molar-refractivity contribution in [3.8, 4) is 0 Å². The molecule has 0 aromatic rings. The van der Waals surface area contributed by atoms with Gasteiger partial charge in [0.15, 0.2) is 0 Å². The molecule has 0 saturated carbocycles. The van der Waals surface area contributed by atoms with Gasteiger partial charge in [0.05, 0.1) is 0 Å². The van der Waals surface area contributed by atoms with Gasteiger partial charge >= 0.3 is 6.09 Å². The zero-order chi connectivity index (χ0) is 11.4. The Balaban J connectivity index is 0.000000162. The van der Waals surface area contributed by atoms with Crippen LogP contribution in [0.3, 0.4) is 0 Å². The van der Waals surface area contributed by atoms with Gasteiger partial charge in [0.25, 0.3) is 0 Å². The first-order valence-electron chi connectivity index (χ1n) is 4.31. The van der Waals surface area contributed by atoms with Gasteiger partial charge in [-0.05, 0) is 0 Å². The van der Waals surface area contributed by atoms with Crippen LogP contribution in [-0.4, -0.2) is 48.2 Å². The summed E-state index contributed by atoms with van der Waals surface area (Å²) in [5.41, 5.74) is 5.11. The molecule has 2 rings (SSSR count). The van der Waals surface area contributed by atoms with Crippen LogP contribution in [0.15, 0.2) is 0 Å². The minimum Gasteiger partial charge on any atom is -0.465 e. The van der Waals surface area contributed by atoms with Crippen molar-refractivity contribution in [2.24, 2.45) is 5.73 Å². The molecule has 3 amide bonds. The van der Waals surface area contributed by atoms with Crippen molar-refractivity contribution in [2.45, 2.75) is 12.1 Å². The minimum atomic E-state index is -1.16. The molecule has 0 spiro atoms. The lowest BCUT2D eigenvalue weighted by Gasteiger charge is -2.24. The van der Waals surface area contributed by atoms with Crippen molar-refractivity contribution in [2.75, 3.05) is 13.1 Å². The van der Waals surface area contributed by atoms with Crippen molar-refractivity contribution in [3.63, 3.8) is 0 Å². The number of nitrogens with two attached hydrogens (primary N) is 1. The molecule has 2 fully saturated rings. The van der Waals surface area contributed by atoms with Crippen LogP contribution < -0.4 is 21.7 Å². The molecular weight excluding hydrogens is 204 g/mol. The van der Waals surface area contributed by atoms with Gasteiger partial charge in [-0.3, -0.25) is 9.59 Å². The summed E-state index contributed by atoms with van der Waals surface area (Å²) in [4.78, 5) is 30.2. The van der Waals surface area contributed by atoms with Gasteiger partial charge in [0.1, 0.15) is 12.1 Å². The average Bonchev–Trinajstić information content (AvgIpc) is 2.22. The van der Waals surface area contributed by atoms with E-state index in [4.69, 9.17) is 10.8 Å². The Bertz CT molecular complexity index is 293. The molecule has 8 heteroatoms. The third-order valence-electron chi connectivity index (χ3n) is 1.93. The van der Waals surface area contributed by atoms with Crippen LogP contribution in [0.1, 0.15) is 0 Å². The maximum Gasteiger partial charge on any atom is 0.405 e. The minimum absolute atomic E-state index is 0.0324. The summed E-state index contributed by atoms with van der Waals surface area (Å²) < 4.78 is 0. The summed E-state index contributed by atoms with van der Waals surface area (Å²) in [5, 5.41) is 15.0. The number of rotatable bonds is 1. The highest BCUT2D eigenvalue weighted by Crippen LogP contribution is 1.91. The topological polar surface area (TPSA) is 134 Å². The molecule has 0 radical (unpaired) electrons. The van der Waals surface area contributed by atoms with Crippen molar-refractivity contribution in [3.05, 3.63) is 0 Å². The standard InChI is InChI=1S/C4H6N2O3.C3H6N2O/c7-3-2(1-5-3)6-4(8)9;4-2-1-5-3(2)6/h2,6H,1H2,(H,5,7)(H,8,9);2H,1,4H2,(H,5,6)/t2*2-/m00/s1. The van der Waals surface area contributed by atoms with Crippen molar-refractivity contribution >= 4 is 17.9 Å². The number of amides is 3. The number of carbonyl (C=O) groups excluding carboxylic acids is 2. The third-order valence-corrected chi connectivity index (χ3v) is 1.93. The van der Waals surface area contributed by atoms with Gasteiger partial charge in [0, 0.05) is 13.1 Å². The molecule has 6 N–H and O–H groups in total. The lowest BCUT2D eigenvalue weighted by Crippen LogP contribution is -2.61. The van der Waals surface area contributed by atoms with Gasteiger partial charge in [-0.2, -0.15) is 0 Å². The first-order valence-corrected chi connectivity index (χ1v) is 4.31. The molecule has 2 aliphatic heterocycles. The Hall–Kier alpha value is -1.83. The summed E-state index contributed by atoms with van der Waals surface area (Å²) in [7, 11) is 0. The molecule has 0 aromatic carbocycles. The van der Waals surface area contributed by atoms with Gasteiger partial charge in [0.2, 0.25) is 11.8 Å². The largest absolute Gasteiger partial charge is 0.465 e. The van der Waals surface area contributed by atoms with Crippen molar-refractivity contribution < 1.29 is 19.5 Å². The fourth-order valence-corrected chi connectivity index (χ4v) is 0.856. The third kappa shape index (κ3) is 3.09. The predicted molar refractivity (Wildman–Crippen MR) is 48.9 cm³/mol. The summed E-state index contributed by atoms with van der Waals surface area (Å²) in [6.45, 7) is 1.06. The summed E-state index contributed by atoms with van der Waals surface area (Å²) in [5.74, 6) is -0.285. The number of hydrogen-bond donors (Lipinski definition) is 5. The Morgan fingerprint density at radius 1 is 1.33 bits per heavy atom. The second-order valence-electron chi connectivity index (χ2n) is 3.10. The van der Waals surface area contributed by atoms with E-state index in [0.29, 0.717) is 13.1 Å². The fraction of sp³-hybridized carbons (Fsp3) is 0.571. The number of hydrogen-bond acceptors (Lipinski definition) is 4. The number of carbonyl (C=O) groups is 3. The highest BCUT2D eigenvalue weighted by molar-refractivity contribution is 5.90. The monoisotopic (exact) mass is 216 g/mol. The molecule has 0 aromatic heterocycles. The Kier molecular flexibility index (Phi) is 3.45. The summed E-state index contributed by atoms with van der Waals surface area (Å²) in [6, 6.07) is -0.743. The Morgan fingerprint density at radius 2 is 1.87 bits per heavy atom. The fourth-order valence-electron chi connectivity index (χ4n) is 0.856. The average molecular weight is 216 g/mol. The first-order chi connectivity index (χ1) is 7.00. The van der Waals surface area contributed by atoms with Crippen LogP contribution in [0.5, 0.6) is 0 Å². The molecule has 0 aliphatic carbocycles. The molecule has 0 bridgehead atoms.